The van der Waals surface area contributed by atoms with E-state index in [9.17, 15) is 8.42 Å². The van der Waals surface area contributed by atoms with Crippen molar-refractivity contribution in [2.45, 2.75) is 11.3 Å². The molecule has 0 bridgehead atoms. The van der Waals surface area contributed by atoms with Gasteiger partial charge in [-0.15, -0.1) is 0 Å². The molecule has 0 saturated heterocycles. The third kappa shape index (κ3) is 3.46. The van der Waals surface area contributed by atoms with Crippen molar-refractivity contribution in [3.63, 3.8) is 0 Å². The molecule has 1 aromatic heterocycles. The number of anilines is 1. The molecule has 102 valence electrons. The lowest BCUT2D eigenvalue weighted by Crippen LogP contribution is -2.27. The Kier molecular flexibility index (Phi) is 4.08. The largest absolute Gasteiger partial charge is 0.398 e. The molecule has 8 heteroatoms. The van der Waals surface area contributed by atoms with Crippen molar-refractivity contribution < 1.29 is 8.42 Å². The maximum absolute atomic E-state index is 12.0. The van der Waals surface area contributed by atoms with Gasteiger partial charge in [-0.05, 0) is 18.2 Å². The van der Waals surface area contributed by atoms with Crippen molar-refractivity contribution in [1.29, 1.82) is 0 Å². The molecule has 0 radical (unpaired) electrons. The molecule has 0 unspecified atom stereocenters. The van der Waals surface area contributed by atoms with Gasteiger partial charge < -0.3 is 10.7 Å². The maximum Gasteiger partial charge on any atom is 0.242 e. The van der Waals surface area contributed by atoms with E-state index in [1.807, 2.05) is 0 Å². The molecule has 6 nitrogen and oxygen atoms in total. The molecular formula is C11H13ClN4O2S. The molecule has 2 rings (SSSR count). The van der Waals surface area contributed by atoms with Gasteiger partial charge in [-0.25, -0.2) is 18.1 Å². The highest BCUT2D eigenvalue weighted by atomic mass is 35.5. The fourth-order valence-electron chi connectivity index (χ4n) is 1.58. The summed E-state index contributed by atoms with van der Waals surface area (Å²) in [6, 6.07) is 4.27. The van der Waals surface area contributed by atoms with Crippen LogP contribution in [-0.4, -0.2) is 24.9 Å². The van der Waals surface area contributed by atoms with Gasteiger partial charge in [0.05, 0.1) is 5.69 Å². The first-order valence-corrected chi connectivity index (χ1v) is 7.38. The number of H-pyrrole nitrogens is 1. The number of nitrogens with one attached hydrogen (secondary N) is 2. The zero-order valence-corrected chi connectivity index (χ0v) is 11.5. The van der Waals surface area contributed by atoms with Crippen LogP contribution >= 0.6 is 11.6 Å². The van der Waals surface area contributed by atoms with Crippen LogP contribution in [0.25, 0.3) is 0 Å². The number of halogens is 1. The second-order valence-corrected chi connectivity index (χ2v) is 6.04. The maximum atomic E-state index is 12.0. The molecule has 0 atom stereocenters. The SMILES string of the molecule is Nc1cc(Cl)ccc1S(=O)(=O)NCCc1ncc[nH]1. The van der Waals surface area contributed by atoms with Gasteiger partial charge >= 0.3 is 0 Å². The lowest BCUT2D eigenvalue weighted by molar-refractivity contribution is 0.581. The van der Waals surface area contributed by atoms with Gasteiger partial charge in [0.25, 0.3) is 0 Å². The summed E-state index contributed by atoms with van der Waals surface area (Å²) in [4.78, 5) is 6.92. The highest BCUT2D eigenvalue weighted by molar-refractivity contribution is 7.89. The van der Waals surface area contributed by atoms with Gasteiger partial charge in [0.15, 0.2) is 0 Å². The number of nitrogens with two attached hydrogens (primary N) is 1. The van der Waals surface area contributed by atoms with Gasteiger partial charge in [-0.3, -0.25) is 0 Å². The third-order valence-corrected chi connectivity index (χ3v) is 4.24. The monoisotopic (exact) mass is 300 g/mol. The van der Waals surface area contributed by atoms with Crippen molar-refractivity contribution in [1.82, 2.24) is 14.7 Å². The Hall–Kier alpha value is -1.57. The molecule has 0 spiro atoms. The number of hydrogen-bond donors (Lipinski definition) is 3. The Labute approximate surface area is 116 Å². The van der Waals surface area contributed by atoms with E-state index in [4.69, 9.17) is 17.3 Å². The second-order valence-electron chi connectivity index (χ2n) is 3.87. The molecule has 0 saturated carbocycles. The van der Waals surface area contributed by atoms with Gasteiger partial charge in [-0.1, -0.05) is 11.6 Å². The number of nitrogens with zero attached hydrogens (tertiary/aromatic N) is 1. The summed E-state index contributed by atoms with van der Waals surface area (Å²) in [6.07, 6.45) is 3.77. The number of sulfonamides is 1. The number of aromatic amines is 1. The molecule has 4 N–H and O–H groups in total. The van der Waals surface area contributed by atoms with E-state index in [2.05, 4.69) is 14.7 Å². The summed E-state index contributed by atoms with van der Waals surface area (Å²) >= 11 is 5.73. The number of nitrogen functional groups attached to an aromatic ring is 1. The van der Waals surface area contributed by atoms with E-state index in [1.165, 1.54) is 18.2 Å². The fourth-order valence-corrected chi connectivity index (χ4v) is 2.90. The van der Waals surface area contributed by atoms with E-state index < -0.39 is 10.0 Å². The summed E-state index contributed by atoms with van der Waals surface area (Å²) < 4.78 is 26.5. The van der Waals surface area contributed by atoms with Gasteiger partial charge in [-0.2, -0.15) is 0 Å². The van der Waals surface area contributed by atoms with Crippen molar-refractivity contribution >= 4 is 27.3 Å². The minimum Gasteiger partial charge on any atom is -0.398 e. The number of rotatable bonds is 5. The Morgan fingerprint density at radius 1 is 1.42 bits per heavy atom. The second kappa shape index (κ2) is 5.60. The minimum atomic E-state index is -3.64. The molecule has 0 amide bonds. The molecule has 0 aliphatic heterocycles. The van der Waals surface area contributed by atoms with Crippen LogP contribution in [0, 0.1) is 0 Å². The van der Waals surface area contributed by atoms with Gasteiger partial charge in [0.2, 0.25) is 10.0 Å². The Morgan fingerprint density at radius 2 is 2.21 bits per heavy atom. The standard InChI is InChI=1S/C11H13ClN4O2S/c12-8-1-2-10(9(13)7-8)19(17,18)16-4-3-11-14-5-6-15-11/h1-2,5-7,16H,3-4,13H2,(H,14,15). The van der Waals surface area contributed by atoms with Crippen molar-refractivity contribution in [3.05, 3.63) is 41.4 Å². The minimum absolute atomic E-state index is 0.0244. The summed E-state index contributed by atoms with van der Waals surface area (Å²) in [5.74, 6) is 0.715. The third-order valence-electron chi connectivity index (χ3n) is 2.47. The van der Waals surface area contributed by atoms with Crippen LogP contribution in [0.15, 0.2) is 35.5 Å². The Balaban J connectivity index is 2.05. The van der Waals surface area contributed by atoms with Crippen LogP contribution in [0.1, 0.15) is 5.82 Å². The predicted octanol–water partition coefficient (Wildman–Crippen LogP) is 1.17. The predicted molar refractivity (Wildman–Crippen MR) is 73.3 cm³/mol. The van der Waals surface area contributed by atoms with Crippen molar-refractivity contribution in [2.24, 2.45) is 0 Å². The van der Waals surface area contributed by atoms with Crippen LogP contribution in [0.2, 0.25) is 5.02 Å². The molecule has 1 heterocycles. The summed E-state index contributed by atoms with van der Waals surface area (Å²) in [7, 11) is -3.64. The van der Waals surface area contributed by atoms with Crippen molar-refractivity contribution in [3.8, 4) is 0 Å². The average molecular weight is 301 g/mol. The lowest BCUT2D eigenvalue weighted by Gasteiger charge is -2.08. The topological polar surface area (TPSA) is 101 Å². The Morgan fingerprint density at radius 3 is 2.84 bits per heavy atom. The normalized spacial score (nSPS) is 11.6. The number of imidazole rings is 1. The molecule has 2 aromatic rings. The van der Waals surface area contributed by atoms with E-state index in [0.717, 1.165) is 0 Å². The van der Waals surface area contributed by atoms with Crippen LogP contribution in [-0.2, 0) is 16.4 Å². The Bertz CT molecular complexity index is 655. The van der Waals surface area contributed by atoms with Crippen LogP contribution in [0.4, 0.5) is 5.69 Å². The lowest BCUT2D eigenvalue weighted by atomic mass is 10.3. The van der Waals surface area contributed by atoms with E-state index in [0.29, 0.717) is 17.3 Å². The van der Waals surface area contributed by atoms with Gasteiger partial charge in [0.1, 0.15) is 10.7 Å². The van der Waals surface area contributed by atoms with Gasteiger partial charge in [0, 0.05) is 30.4 Å². The van der Waals surface area contributed by atoms with Crippen molar-refractivity contribution in [2.75, 3.05) is 12.3 Å². The number of aromatic nitrogens is 2. The average Bonchev–Trinajstić information content (AvgIpc) is 2.81. The number of hydrogen-bond acceptors (Lipinski definition) is 4. The quantitative estimate of drug-likeness (QED) is 0.721. The summed E-state index contributed by atoms with van der Waals surface area (Å²) in [5.41, 5.74) is 5.77. The summed E-state index contributed by atoms with van der Waals surface area (Å²) in [6.45, 7) is 0.234. The molecule has 19 heavy (non-hydrogen) atoms. The zero-order chi connectivity index (χ0) is 13.9. The summed E-state index contributed by atoms with van der Waals surface area (Å²) in [5, 5.41) is 0.395. The van der Waals surface area contributed by atoms with Crippen LogP contribution in [0.3, 0.4) is 0 Å². The molecule has 1 aromatic carbocycles. The fraction of sp³-hybridized carbons (Fsp3) is 0.182. The van der Waals surface area contributed by atoms with E-state index in [1.54, 1.807) is 12.4 Å². The highest BCUT2D eigenvalue weighted by Crippen LogP contribution is 2.22. The highest BCUT2D eigenvalue weighted by Gasteiger charge is 2.17. The molecular weight excluding hydrogens is 288 g/mol. The molecule has 0 aliphatic carbocycles. The van der Waals surface area contributed by atoms with E-state index in [-0.39, 0.29) is 17.1 Å². The zero-order valence-electron chi connectivity index (χ0n) is 9.93. The molecule has 0 fully saturated rings. The molecule has 0 aliphatic rings. The van der Waals surface area contributed by atoms with Crippen LogP contribution in [0.5, 0.6) is 0 Å². The first-order chi connectivity index (χ1) is 8.99. The first kappa shape index (κ1) is 13.9. The number of benzene rings is 1. The van der Waals surface area contributed by atoms with Crippen LogP contribution < -0.4 is 10.5 Å². The smallest absolute Gasteiger partial charge is 0.242 e. The first-order valence-electron chi connectivity index (χ1n) is 5.52. The van der Waals surface area contributed by atoms with E-state index >= 15 is 0 Å².